The molecule has 0 aliphatic rings. The number of hydrogen-bond acceptors (Lipinski definition) is 5. The van der Waals surface area contributed by atoms with Gasteiger partial charge in [0, 0.05) is 12.1 Å². The van der Waals surface area contributed by atoms with Gasteiger partial charge < -0.3 is 15.7 Å². The third-order valence-electron chi connectivity index (χ3n) is 1.87. The van der Waals surface area contributed by atoms with Gasteiger partial charge in [-0.2, -0.15) is 0 Å². The van der Waals surface area contributed by atoms with Crippen molar-refractivity contribution in [2.24, 2.45) is 10.9 Å². The molecule has 0 atom stereocenters. The first-order valence-electron chi connectivity index (χ1n) is 4.39. The highest BCUT2D eigenvalue weighted by Gasteiger charge is 2.08. The van der Waals surface area contributed by atoms with Crippen LogP contribution in [-0.4, -0.2) is 22.6 Å². The first-order valence-corrected chi connectivity index (χ1v) is 4.39. The highest BCUT2D eigenvalue weighted by Crippen LogP contribution is 2.22. The van der Waals surface area contributed by atoms with Crippen LogP contribution in [0.1, 0.15) is 5.56 Å². The summed E-state index contributed by atoms with van der Waals surface area (Å²) in [5, 5.41) is 21.5. The van der Waals surface area contributed by atoms with E-state index < -0.39 is 4.92 Å². The first kappa shape index (κ1) is 11.8. The van der Waals surface area contributed by atoms with Crippen molar-refractivity contribution >= 4 is 11.5 Å². The second-order valence-electron chi connectivity index (χ2n) is 3.09. The van der Waals surface area contributed by atoms with Crippen LogP contribution < -0.4 is 10.5 Å². The summed E-state index contributed by atoms with van der Waals surface area (Å²) in [6.07, 6.45) is 0. The Kier molecular flexibility index (Phi) is 3.65. The van der Waals surface area contributed by atoms with Crippen LogP contribution in [0.15, 0.2) is 23.4 Å². The quantitative estimate of drug-likeness (QED) is 0.261. The van der Waals surface area contributed by atoms with Crippen LogP contribution in [0.4, 0.5) is 5.69 Å². The summed E-state index contributed by atoms with van der Waals surface area (Å²) < 4.78 is 5.19. The molecule has 0 radical (unpaired) electrons. The average Bonchev–Trinajstić information content (AvgIpc) is 2.26. The minimum absolute atomic E-state index is 0.00588. The van der Waals surface area contributed by atoms with Gasteiger partial charge in [-0.05, 0) is 18.6 Å². The highest BCUT2D eigenvalue weighted by molar-refractivity contribution is 5.81. The lowest BCUT2D eigenvalue weighted by molar-refractivity contribution is -0.384. The summed E-state index contributed by atoms with van der Waals surface area (Å²) in [6.45, 7) is 1.60. The fourth-order valence-corrected chi connectivity index (χ4v) is 1.09. The Balaban J connectivity index is 2.79. The molecular formula is C9H11N3O4. The Hall–Kier alpha value is -2.31. The monoisotopic (exact) mass is 225 g/mol. The Morgan fingerprint density at radius 3 is 2.88 bits per heavy atom. The lowest BCUT2D eigenvalue weighted by Gasteiger charge is -2.07. The molecule has 1 rings (SSSR count). The molecule has 0 saturated heterocycles. The molecule has 16 heavy (non-hydrogen) atoms. The summed E-state index contributed by atoms with van der Waals surface area (Å²) in [4.78, 5) is 9.98. The smallest absolute Gasteiger partial charge is 0.269 e. The molecule has 86 valence electrons. The lowest BCUT2D eigenvalue weighted by Crippen LogP contribution is -2.21. The molecule has 0 saturated carbocycles. The Morgan fingerprint density at radius 1 is 1.69 bits per heavy atom. The molecule has 0 amide bonds. The minimum Gasteiger partial charge on any atom is -0.485 e. The van der Waals surface area contributed by atoms with E-state index in [1.165, 1.54) is 18.2 Å². The van der Waals surface area contributed by atoms with Crippen molar-refractivity contribution in [3.63, 3.8) is 0 Å². The number of benzene rings is 1. The van der Waals surface area contributed by atoms with Crippen molar-refractivity contribution in [1.82, 2.24) is 0 Å². The van der Waals surface area contributed by atoms with Gasteiger partial charge in [0.15, 0.2) is 5.84 Å². The number of rotatable bonds is 4. The molecule has 1 aromatic rings. The molecule has 1 aromatic carbocycles. The van der Waals surface area contributed by atoms with Crippen LogP contribution >= 0.6 is 0 Å². The zero-order valence-electron chi connectivity index (χ0n) is 8.58. The van der Waals surface area contributed by atoms with Crippen LogP contribution in [0.2, 0.25) is 0 Å². The van der Waals surface area contributed by atoms with Crippen molar-refractivity contribution in [2.75, 3.05) is 6.61 Å². The maximum absolute atomic E-state index is 10.5. The summed E-state index contributed by atoms with van der Waals surface area (Å²) in [5.74, 6) is 0.384. The average molecular weight is 225 g/mol. The van der Waals surface area contributed by atoms with Gasteiger partial charge in [0.05, 0.1) is 4.92 Å². The maximum Gasteiger partial charge on any atom is 0.269 e. The molecule has 0 heterocycles. The van der Waals surface area contributed by atoms with Crippen molar-refractivity contribution in [3.05, 3.63) is 33.9 Å². The SMILES string of the molecule is Cc1cc([N+](=O)[O-])ccc1OC/C(N)=N/O. The number of nitro groups is 1. The molecule has 0 unspecified atom stereocenters. The molecule has 0 bridgehead atoms. The fraction of sp³-hybridized carbons (Fsp3) is 0.222. The predicted molar refractivity (Wildman–Crippen MR) is 56.7 cm³/mol. The second kappa shape index (κ2) is 4.96. The zero-order chi connectivity index (χ0) is 12.1. The molecule has 0 spiro atoms. The van der Waals surface area contributed by atoms with Gasteiger partial charge in [0.1, 0.15) is 12.4 Å². The van der Waals surface area contributed by atoms with Crippen LogP contribution in [0.25, 0.3) is 0 Å². The van der Waals surface area contributed by atoms with Gasteiger partial charge in [-0.15, -0.1) is 0 Å². The van der Waals surface area contributed by atoms with Crippen LogP contribution in [0, 0.1) is 17.0 Å². The minimum atomic E-state index is -0.486. The third kappa shape index (κ3) is 2.84. The Labute approximate surface area is 91.3 Å². The van der Waals surface area contributed by atoms with E-state index in [-0.39, 0.29) is 18.1 Å². The van der Waals surface area contributed by atoms with E-state index in [9.17, 15) is 10.1 Å². The number of aryl methyl sites for hydroxylation is 1. The Bertz CT molecular complexity index is 431. The first-order chi connectivity index (χ1) is 7.54. The van der Waals surface area contributed by atoms with E-state index >= 15 is 0 Å². The van der Waals surface area contributed by atoms with Gasteiger partial charge in [0.25, 0.3) is 5.69 Å². The summed E-state index contributed by atoms with van der Waals surface area (Å²) >= 11 is 0. The summed E-state index contributed by atoms with van der Waals surface area (Å²) in [7, 11) is 0. The van der Waals surface area contributed by atoms with Crippen molar-refractivity contribution in [1.29, 1.82) is 0 Å². The van der Waals surface area contributed by atoms with E-state index in [1.54, 1.807) is 6.92 Å². The standard InChI is InChI=1S/C9H11N3O4/c1-6-4-7(12(14)15)2-3-8(6)16-5-9(10)11-13/h2-4,13H,5H2,1H3,(H2,10,11). The van der Waals surface area contributed by atoms with Crippen LogP contribution in [-0.2, 0) is 0 Å². The fourth-order valence-electron chi connectivity index (χ4n) is 1.09. The number of nitro benzene ring substituents is 1. The summed E-state index contributed by atoms with van der Waals surface area (Å²) in [6, 6.07) is 4.19. The van der Waals surface area contributed by atoms with Crippen LogP contribution in [0.5, 0.6) is 5.75 Å². The number of hydrogen-bond donors (Lipinski definition) is 2. The van der Waals surface area contributed by atoms with Gasteiger partial charge in [-0.3, -0.25) is 10.1 Å². The number of amidine groups is 1. The number of nitrogens with zero attached hydrogens (tertiary/aromatic N) is 2. The predicted octanol–water partition coefficient (Wildman–Crippen LogP) is 1.03. The lowest BCUT2D eigenvalue weighted by atomic mass is 10.2. The van der Waals surface area contributed by atoms with Gasteiger partial charge in [-0.25, -0.2) is 0 Å². The third-order valence-corrected chi connectivity index (χ3v) is 1.87. The van der Waals surface area contributed by atoms with E-state index in [4.69, 9.17) is 15.7 Å². The van der Waals surface area contributed by atoms with Gasteiger partial charge in [-0.1, -0.05) is 5.16 Å². The molecule has 0 fully saturated rings. The second-order valence-corrected chi connectivity index (χ2v) is 3.09. The number of nitrogens with two attached hydrogens (primary N) is 1. The molecule has 0 aliphatic heterocycles. The van der Waals surface area contributed by atoms with E-state index in [0.29, 0.717) is 11.3 Å². The van der Waals surface area contributed by atoms with E-state index in [0.717, 1.165) is 0 Å². The molecule has 0 aliphatic carbocycles. The number of non-ortho nitro benzene ring substituents is 1. The number of ether oxygens (including phenoxy) is 1. The molecular weight excluding hydrogens is 214 g/mol. The zero-order valence-corrected chi connectivity index (χ0v) is 8.58. The largest absolute Gasteiger partial charge is 0.485 e. The van der Waals surface area contributed by atoms with Crippen molar-refractivity contribution in [3.8, 4) is 5.75 Å². The summed E-state index contributed by atoms with van der Waals surface area (Å²) in [5.41, 5.74) is 5.82. The van der Waals surface area contributed by atoms with Crippen molar-refractivity contribution in [2.45, 2.75) is 6.92 Å². The highest BCUT2D eigenvalue weighted by atomic mass is 16.6. The van der Waals surface area contributed by atoms with E-state index in [1.807, 2.05) is 0 Å². The van der Waals surface area contributed by atoms with E-state index in [2.05, 4.69) is 5.16 Å². The van der Waals surface area contributed by atoms with Crippen molar-refractivity contribution < 1.29 is 14.9 Å². The molecule has 7 nitrogen and oxygen atoms in total. The molecule has 7 heteroatoms. The molecule has 0 aromatic heterocycles. The number of oxime groups is 1. The maximum atomic E-state index is 10.5. The normalized spacial score (nSPS) is 11.2. The molecule has 3 N–H and O–H groups in total. The Morgan fingerprint density at radius 2 is 2.38 bits per heavy atom. The van der Waals surface area contributed by atoms with Gasteiger partial charge >= 0.3 is 0 Å². The van der Waals surface area contributed by atoms with Crippen LogP contribution in [0.3, 0.4) is 0 Å². The van der Waals surface area contributed by atoms with Gasteiger partial charge in [0.2, 0.25) is 0 Å². The topological polar surface area (TPSA) is 111 Å².